The molecule has 1 aromatic carbocycles. The van der Waals surface area contributed by atoms with Crippen molar-refractivity contribution in [3.05, 3.63) is 23.8 Å². The van der Waals surface area contributed by atoms with Crippen LogP contribution in [0, 0.1) is 0 Å². The van der Waals surface area contributed by atoms with E-state index in [0.717, 1.165) is 5.56 Å². The summed E-state index contributed by atoms with van der Waals surface area (Å²) in [5.41, 5.74) is 0.756. The van der Waals surface area contributed by atoms with Crippen molar-refractivity contribution in [2.24, 2.45) is 0 Å². The second kappa shape index (κ2) is 6.86. The van der Waals surface area contributed by atoms with Crippen LogP contribution in [0.4, 0.5) is 0 Å². The van der Waals surface area contributed by atoms with Crippen LogP contribution in [-0.2, 0) is 11.3 Å². The minimum atomic E-state index is 0.0809. The van der Waals surface area contributed by atoms with E-state index in [1.807, 2.05) is 12.1 Å². The molecule has 0 bridgehead atoms. The molecule has 0 saturated heterocycles. The van der Waals surface area contributed by atoms with E-state index in [2.05, 4.69) is 5.32 Å². The van der Waals surface area contributed by atoms with Gasteiger partial charge in [0, 0.05) is 39.2 Å². The predicted molar refractivity (Wildman–Crippen MR) is 69.7 cm³/mol. The summed E-state index contributed by atoms with van der Waals surface area (Å²) >= 11 is 0. The molecule has 5 nitrogen and oxygen atoms in total. The van der Waals surface area contributed by atoms with Crippen LogP contribution >= 0.6 is 0 Å². The van der Waals surface area contributed by atoms with Gasteiger partial charge in [-0.05, 0) is 6.07 Å². The molecule has 1 amide bonds. The van der Waals surface area contributed by atoms with Gasteiger partial charge >= 0.3 is 0 Å². The lowest BCUT2D eigenvalue weighted by molar-refractivity contribution is -0.128. The van der Waals surface area contributed by atoms with Gasteiger partial charge in [-0.2, -0.15) is 0 Å². The van der Waals surface area contributed by atoms with Crippen molar-refractivity contribution >= 4 is 5.91 Å². The normalized spacial score (nSPS) is 10.2. The first kappa shape index (κ1) is 14.3. The van der Waals surface area contributed by atoms with Gasteiger partial charge in [0.25, 0.3) is 0 Å². The topological polar surface area (TPSA) is 61.8 Å². The first-order valence-electron chi connectivity index (χ1n) is 5.82. The zero-order valence-electron chi connectivity index (χ0n) is 11.1. The fourth-order valence-electron chi connectivity index (χ4n) is 1.52. The smallest absolute Gasteiger partial charge is 0.223 e. The number of methoxy groups -OCH3 is 1. The van der Waals surface area contributed by atoms with Crippen molar-refractivity contribution in [1.82, 2.24) is 10.2 Å². The van der Waals surface area contributed by atoms with E-state index in [0.29, 0.717) is 25.3 Å². The lowest BCUT2D eigenvalue weighted by Gasteiger charge is -2.11. The molecule has 0 aliphatic carbocycles. The number of ether oxygens (including phenoxy) is 1. The first-order chi connectivity index (χ1) is 8.56. The van der Waals surface area contributed by atoms with Crippen LogP contribution < -0.4 is 10.1 Å². The van der Waals surface area contributed by atoms with Gasteiger partial charge in [-0.3, -0.25) is 4.79 Å². The number of carbonyl (C=O) groups is 1. The second-order valence-corrected chi connectivity index (χ2v) is 4.18. The van der Waals surface area contributed by atoms with Gasteiger partial charge in [-0.25, -0.2) is 0 Å². The highest BCUT2D eigenvalue weighted by molar-refractivity contribution is 5.75. The van der Waals surface area contributed by atoms with Crippen LogP contribution in [0.2, 0.25) is 0 Å². The Hall–Kier alpha value is -1.75. The third-order valence-electron chi connectivity index (χ3n) is 2.63. The highest BCUT2D eigenvalue weighted by atomic mass is 16.5. The number of benzene rings is 1. The number of para-hydroxylation sites is 1. The third kappa shape index (κ3) is 3.92. The molecule has 0 spiro atoms. The Labute approximate surface area is 107 Å². The number of hydrogen-bond acceptors (Lipinski definition) is 4. The van der Waals surface area contributed by atoms with E-state index >= 15 is 0 Å². The standard InChI is InChI=1S/C13H20N2O3/c1-15(2)12(16)7-8-14-9-10-5-4-6-11(18-3)13(10)17/h4-6,14,17H,7-9H2,1-3H3. The summed E-state index contributed by atoms with van der Waals surface area (Å²) in [6.07, 6.45) is 0.442. The molecule has 0 aliphatic rings. The molecule has 0 saturated carbocycles. The highest BCUT2D eigenvalue weighted by Gasteiger charge is 2.07. The number of carbonyl (C=O) groups excluding carboxylic acids is 1. The van der Waals surface area contributed by atoms with E-state index in [1.165, 1.54) is 7.11 Å². The zero-order chi connectivity index (χ0) is 13.5. The Morgan fingerprint density at radius 3 is 2.78 bits per heavy atom. The monoisotopic (exact) mass is 252 g/mol. The van der Waals surface area contributed by atoms with Crippen molar-refractivity contribution in [2.45, 2.75) is 13.0 Å². The lowest BCUT2D eigenvalue weighted by atomic mass is 10.2. The third-order valence-corrected chi connectivity index (χ3v) is 2.63. The zero-order valence-corrected chi connectivity index (χ0v) is 11.1. The predicted octanol–water partition coefficient (Wildman–Crippen LogP) is 0.969. The van der Waals surface area contributed by atoms with Crippen molar-refractivity contribution in [2.75, 3.05) is 27.7 Å². The number of aromatic hydroxyl groups is 1. The Bertz CT molecular complexity index is 405. The van der Waals surface area contributed by atoms with E-state index in [4.69, 9.17) is 4.74 Å². The maximum Gasteiger partial charge on any atom is 0.223 e. The molecule has 0 heterocycles. The van der Waals surface area contributed by atoms with Crippen LogP contribution in [0.15, 0.2) is 18.2 Å². The summed E-state index contributed by atoms with van der Waals surface area (Å²) in [4.78, 5) is 12.9. The number of amides is 1. The largest absolute Gasteiger partial charge is 0.504 e. The van der Waals surface area contributed by atoms with E-state index in [9.17, 15) is 9.90 Å². The summed E-state index contributed by atoms with van der Waals surface area (Å²) in [5.74, 6) is 0.683. The Balaban J connectivity index is 2.42. The molecule has 1 rings (SSSR count). The minimum Gasteiger partial charge on any atom is -0.504 e. The average molecular weight is 252 g/mol. The second-order valence-electron chi connectivity index (χ2n) is 4.18. The summed E-state index contributed by atoms with van der Waals surface area (Å²) < 4.78 is 5.02. The molecule has 0 unspecified atom stereocenters. The quantitative estimate of drug-likeness (QED) is 0.741. The van der Waals surface area contributed by atoms with Crippen LogP contribution in [0.3, 0.4) is 0 Å². The molecule has 0 aliphatic heterocycles. The Morgan fingerprint density at radius 2 is 2.17 bits per heavy atom. The maximum absolute atomic E-state index is 11.3. The number of rotatable bonds is 6. The van der Waals surface area contributed by atoms with Crippen LogP contribution in [0.25, 0.3) is 0 Å². The summed E-state index contributed by atoms with van der Waals surface area (Å²) in [6, 6.07) is 5.34. The molecule has 1 aromatic rings. The van der Waals surface area contributed by atoms with Gasteiger partial charge in [0.15, 0.2) is 11.5 Å². The summed E-state index contributed by atoms with van der Waals surface area (Å²) in [5, 5.41) is 13.0. The number of phenolic OH excluding ortho intramolecular Hbond substituents is 1. The highest BCUT2D eigenvalue weighted by Crippen LogP contribution is 2.28. The van der Waals surface area contributed by atoms with Crippen LogP contribution in [-0.4, -0.2) is 43.7 Å². The van der Waals surface area contributed by atoms with E-state index in [-0.39, 0.29) is 11.7 Å². The summed E-state index contributed by atoms with van der Waals surface area (Å²) in [7, 11) is 4.98. The lowest BCUT2D eigenvalue weighted by Crippen LogP contribution is -2.26. The molecular weight excluding hydrogens is 232 g/mol. The molecule has 5 heteroatoms. The van der Waals surface area contributed by atoms with E-state index < -0.39 is 0 Å². The maximum atomic E-state index is 11.3. The molecule has 100 valence electrons. The van der Waals surface area contributed by atoms with E-state index in [1.54, 1.807) is 25.1 Å². The number of phenols is 1. The molecule has 0 aromatic heterocycles. The minimum absolute atomic E-state index is 0.0809. The SMILES string of the molecule is COc1cccc(CNCCC(=O)N(C)C)c1O. The van der Waals surface area contributed by atoms with Gasteiger partial charge in [-0.15, -0.1) is 0 Å². The molecule has 0 radical (unpaired) electrons. The summed E-state index contributed by atoms with van der Waals surface area (Å²) in [6.45, 7) is 1.08. The Morgan fingerprint density at radius 1 is 1.44 bits per heavy atom. The molecule has 0 atom stereocenters. The van der Waals surface area contributed by atoms with Crippen molar-refractivity contribution in [3.63, 3.8) is 0 Å². The number of hydrogen-bond donors (Lipinski definition) is 2. The van der Waals surface area contributed by atoms with Gasteiger partial charge in [0.05, 0.1) is 7.11 Å². The van der Waals surface area contributed by atoms with Gasteiger partial charge in [0.2, 0.25) is 5.91 Å². The molecular formula is C13H20N2O3. The number of nitrogens with zero attached hydrogens (tertiary/aromatic N) is 1. The fourth-order valence-corrected chi connectivity index (χ4v) is 1.52. The van der Waals surface area contributed by atoms with Gasteiger partial charge in [-0.1, -0.05) is 12.1 Å². The first-order valence-corrected chi connectivity index (χ1v) is 5.82. The average Bonchev–Trinajstić information content (AvgIpc) is 2.35. The number of nitrogens with one attached hydrogen (secondary N) is 1. The van der Waals surface area contributed by atoms with Crippen molar-refractivity contribution in [1.29, 1.82) is 0 Å². The molecule has 0 fully saturated rings. The fraction of sp³-hybridized carbons (Fsp3) is 0.462. The molecule has 2 N–H and O–H groups in total. The van der Waals surface area contributed by atoms with Crippen LogP contribution in [0.5, 0.6) is 11.5 Å². The Kier molecular flexibility index (Phi) is 5.45. The van der Waals surface area contributed by atoms with Gasteiger partial charge in [0.1, 0.15) is 0 Å². The van der Waals surface area contributed by atoms with Crippen molar-refractivity contribution < 1.29 is 14.6 Å². The van der Waals surface area contributed by atoms with Crippen LogP contribution in [0.1, 0.15) is 12.0 Å². The van der Waals surface area contributed by atoms with Crippen molar-refractivity contribution in [3.8, 4) is 11.5 Å². The molecule has 18 heavy (non-hydrogen) atoms. The van der Waals surface area contributed by atoms with Gasteiger partial charge < -0.3 is 20.1 Å².